The van der Waals surface area contributed by atoms with E-state index in [2.05, 4.69) is 68.3 Å². The smallest absolute Gasteiger partial charge is 0.400 e. The van der Waals surface area contributed by atoms with Gasteiger partial charge in [0.25, 0.3) is 15.7 Å². The number of rotatable bonds is 22. The quantitative estimate of drug-likeness (QED) is 0.0512. The second-order valence-corrected chi connectivity index (χ2v) is 26.4. The van der Waals surface area contributed by atoms with Crippen molar-refractivity contribution in [2.75, 3.05) is 108 Å². The highest BCUT2D eigenvalue weighted by Crippen LogP contribution is 2.44. The Balaban J connectivity index is 0.000000291. The van der Waals surface area contributed by atoms with E-state index in [0.29, 0.717) is 28.7 Å². The van der Waals surface area contributed by atoms with Crippen molar-refractivity contribution < 1.29 is 40.5 Å². The standard InChI is InChI=1S/C31H47F3N3O4PS2.C27H34ClN3O.CH4O/c1-24(2)40-42(41-25(3)4)21-9-15-36-17-19-37(20-18-36)16-14-27(23-43-28-10-7-6-8-11-28)35-29-13-12-26(5)22-30(29)44(38,39)31(32,33)34;1-27(2)13-12-25(20-4-8-23(28)9-5-20)22(18-27)19-30-14-16-31(17-15-30)24-10-6-21(7-11-24)26(32)29-3;1-2/h6-8,10-13,22,24-25,27,35H,9,14-21,23H2,1-5H3;4-11H,12-19H2,1-3H3,(H,29,32);2H,1H3. The molecule has 2 heterocycles. The van der Waals surface area contributed by atoms with Crippen molar-refractivity contribution in [2.45, 2.75) is 114 Å². The maximum absolute atomic E-state index is 13.5. The predicted octanol–water partition coefficient (Wildman–Crippen LogP) is 12.5. The highest BCUT2D eigenvalue weighted by atomic mass is 35.5. The molecule has 1 unspecified atom stereocenters. The number of piperazine rings is 2. The summed E-state index contributed by atoms with van der Waals surface area (Å²) in [4.78, 5) is 21.9. The Bertz CT molecular complexity index is 2570. The normalized spacial score (nSPS) is 17.1. The number of nitrogens with zero attached hydrogens (tertiary/aromatic N) is 4. The number of aryl methyl sites for hydroxylation is 1. The van der Waals surface area contributed by atoms with E-state index < -0.39 is 28.6 Å². The van der Waals surface area contributed by atoms with Crippen LogP contribution in [0.1, 0.15) is 95.1 Å². The van der Waals surface area contributed by atoms with Crippen molar-refractivity contribution in [1.82, 2.24) is 20.0 Å². The van der Waals surface area contributed by atoms with Crippen LogP contribution in [0, 0.1) is 12.3 Å². The van der Waals surface area contributed by atoms with Crippen LogP contribution in [-0.4, -0.2) is 156 Å². The van der Waals surface area contributed by atoms with Gasteiger partial charge in [0.15, 0.2) is 8.38 Å². The van der Waals surface area contributed by atoms with Crippen molar-refractivity contribution in [1.29, 1.82) is 0 Å². The van der Waals surface area contributed by atoms with Gasteiger partial charge in [0, 0.05) is 119 Å². The Hall–Kier alpha value is -3.74. The summed E-state index contributed by atoms with van der Waals surface area (Å²) in [5.74, 6) is 0.532. The SMILES string of the molecule is CNC(=O)c1ccc(N2CCN(CC3=C(c4ccc(Cl)cc4)CCC(C)(C)C3)CC2)cc1.CO.Cc1ccc(NC(CCN2CCN(CCCP(OC(C)C)OC(C)C)CC2)CSc2ccccc2)c(S(=O)(=O)C(F)(F)F)c1. The van der Waals surface area contributed by atoms with E-state index in [4.69, 9.17) is 25.8 Å². The second kappa shape index (κ2) is 31.5. The number of carbonyl (C=O) groups excluding carboxylic acids is 1. The summed E-state index contributed by atoms with van der Waals surface area (Å²) in [6.07, 6.45) is 6.38. The molecule has 2 aliphatic heterocycles. The van der Waals surface area contributed by atoms with E-state index >= 15 is 0 Å². The Morgan fingerprint density at radius 3 is 1.99 bits per heavy atom. The molecule has 1 atom stereocenters. The summed E-state index contributed by atoms with van der Waals surface area (Å²) < 4.78 is 77.4. The largest absolute Gasteiger partial charge is 0.501 e. The van der Waals surface area contributed by atoms with Gasteiger partial charge < -0.3 is 39.5 Å². The number of carbonyl (C=O) groups is 1. The Morgan fingerprint density at radius 1 is 0.821 bits per heavy atom. The maximum Gasteiger partial charge on any atom is 0.501 e. The molecule has 7 rings (SSSR count). The highest BCUT2D eigenvalue weighted by Gasteiger charge is 2.48. The van der Waals surface area contributed by atoms with Crippen molar-refractivity contribution in [3.63, 3.8) is 0 Å². The van der Waals surface area contributed by atoms with E-state index in [1.165, 1.54) is 29.3 Å². The van der Waals surface area contributed by atoms with Crippen LogP contribution in [0.25, 0.3) is 5.57 Å². The Morgan fingerprint density at radius 2 is 1.41 bits per heavy atom. The average Bonchev–Trinajstić information content (AvgIpc) is 3.42. The Kier molecular flexibility index (Phi) is 26.3. The number of thioether (sulfide) groups is 1. The molecule has 2 saturated heterocycles. The zero-order valence-electron chi connectivity index (χ0n) is 47.3. The fraction of sp³-hybridized carbons (Fsp3) is 0.542. The number of alkyl halides is 3. The molecular formula is C59H85ClF3N6O6PS2. The molecule has 4 aromatic carbocycles. The lowest BCUT2D eigenvalue weighted by atomic mass is 9.73. The van der Waals surface area contributed by atoms with Crippen LogP contribution >= 0.6 is 31.7 Å². The number of halogens is 4. The van der Waals surface area contributed by atoms with Gasteiger partial charge in [-0.1, -0.05) is 67.4 Å². The third-order valence-electron chi connectivity index (χ3n) is 13.9. The third-order valence-corrected chi connectivity index (χ3v) is 18.8. The van der Waals surface area contributed by atoms with Crippen LogP contribution < -0.4 is 15.5 Å². The van der Waals surface area contributed by atoms with Crippen molar-refractivity contribution >= 4 is 64.4 Å². The van der Waals surface area contributed by atoms with Crippen LogP contribution in [-0.2, 0) is 18.9 Å². The first-order chi connectivity index (χ1) is 37.1. The van der Waals surface area contributed by atoms with Gasteiger partial charge in [-0.2, -0.15) is 13.2 Å². The van der Waals surface area contributed by atoms with Gasteiger partial charge >= 0.3 is 5.51 Å². The van der Waals surface area contributed by atoms with Crippen molar-refractivity contribution in [2.24, 2.45) is 5.41 Å². The number of benzene rings is 4. The topological polar surface area (TPSA) is 127 Å². The number of sulfone groups is 1. The van der Waals surface area contributed by atoms with Crippen LogP contribution in [0.2, 0.25) is 5.02 Å². The molecule has 0 spiro atoms. The van der Waals surface area contributed by atoms with Gasteiger partial charge in [0.2, 0.25) is 0 Å². The fourth-order valence-corrected chi connectivity index (χ4v) is 13.5. The van der Waals surface area contributed by atoms with E-state index in [0.717, 1.165) is 121 Å². The molecule has 12 nitrogen and oxygen atoms in total. The third kappa shape index (κ3) is 20.7. The lowest BCUT2D eigenvalue weighted by Crippen LogP contribution is -2.47. The van der Waals surface area contributed by atoms with E-state index in [-0.39, 0.29) is 29.8 Å². The van der Waals surface area contributed by atoms with Gasteiger partial charge in [-0.15, -0.1) is 11.8 Å². The maximum atomic E-state index is 13.5. The van der Waals surface area contributed by atoms with E-state index in [9.17, 15) is 26.4 Å². The molecule has 3 N–H and O–H groups in total. The fourth-order valence-electron chi connectivity index (χ4n) is 9.79. The highest BCUT2D eigenvalue weighted by molar-refractivity contribution is 7.99. The van der Waals surface area contributed by atoms with E-state index in [1.807, 2.05) is 82.3 Å². The summed E-state index contributed by atoms with van der Waals surface area (Å²) in [7, 11) is -3.74. The van der Waals surface area contributed by atoms with Crippen molar-refractivity contribution in [3.05, 3.63) is 124 Å². The first-order valence-electron chi connectivity index (χ1n) is 27.2. The average molecular weight is 1160 g/mol. The monoisotopic (exact) mass is 1160 g/mol. The van der Waals surface area contributed by atoms with Crippen LogP contribution in [0.4, 0.5) is 24.5 Å². The zero-order valence-corrected chi connectivity index (χ0v) is 50.5. The number of anilines is 2. The number of nitrogens with one attached hydrogen (secondary N) is 2. The molecule has 4 aromatic rings. The van der Waals surface area contributed by atoms with Crippen molar-refractivity contribution in [3.8, 4) is 0 Å². The number of hydrogen-bond acceptors (Lipinski definition) is 12. The minimum atomic E-state index is -5.51. The van der Waals surface area contributed by atoms with E-state index in [1.54, 1.807) is 37.4 Å². The summed E-state index contributed by atoms with van der Waals surface area (Å²) >= 11 is 7.73. The molecule has 0 saturated carbocycles. The summed E-state index contributed by atoms with van der Waals surface area (Å²) in [5, 5.41) is 13.7. The molecule has 432 valence electrons. The molecule has 0 bridgehead atoms. The molecule has 2 fully saturated rings. The van der Waals surface area contributed by atoms with Gasteiger partial charge in [-0.3, -0.25) is 9.69 Å². The summed E-state index contributed by atoms with van der Waals surface area (Å²) in [6.45, 7) is 25.1. The first kappa shape index (κ1) is 65.1. The summed E-state index contributed by atoms with van der Waals surface area (Å²) in [6, 6.07) is 30.0. The molecule has 0 radical (unpaired) electrons. The molecule has 19 heteroatoms. The molecule has 3 aliphatic rings. The minimum Gasteiger partial charge on any atom is -0.400 e. The molecule has 0 aromatic heterocycles. The lowest BCUT2D eigenvalue weighted by molar-refractivity contribution is -0.0435. The number of hydrogen-bond donors (Lipinski definition) is 3. The second-order valence-electron chi connectivity index (χ2n) is 21.4. The Labute approximate surface area is 474 Å². The van der Waals surface area contributed by atoms with Gasteiger partial charge in [0.1, 0.15) is 0 Å². The number of allylic oxidation sites excluding steroid dienone is 1. The molecule has 1 aliphatic carbocycles. The van der Waals surface area contributed by atoms with Crippen LogP contribution in [0.15, 0.2) is 112 Å². The minimum absolute atomic E-state index is 0.0146. The summed E-state index contributed by atoms with van der Waals surface area (Å²) in [5.41, 5.74) is 1.75. The zero-order chi connectivity index (χ0) is 57.0. The van der Waals surface area contributed by atoms with Gasteiger partial charge in [-0.25, -0.2) is 8.42 Å². The first-order valence-corrected chi connectivity index (χ1v) is 31.4. The number of amides is 1. The van der Waals surface area contributed by atoms with Gasteiger partial charge in [0.05, 0.1) is 22.8 Å². The molecular weight excluding hydrogens is 1080 g/mol. The number of aliphatic hydroxyl groups excluding tert-OH is 1. The van der Waals surface area contributed by atoms with Gasteiger partial charge in [-0.05, 0) is 156 Å². The van der Waals surface area contributed by atoms with Crippen LogP contribution in [0.5, 0.6) is 0 Å². The lowest BCUT2D eigenvalue weighted by Gasteiger charge is -2.39. The van der Waals surface area contributed by atoms with Crippen LogP contribution in [0.3, 0.4) is 0 Å². The molecule has 78 heavy (non-hydrogen) atoms. The predicted molar refractivity (Wildman–Crippen MR) is 318 cm³/mol. The number of aliphatic hydroxyl groups is 1. The molecule has 1 amide bonds.